The molecule has 1 aliphatic heterocycles. The van der Waals surface area contributed by atoms with Crippen LogP contribution in [0.1, 0.15) is 86.9 Å². The van der Waals surface area contributed by atoms with E-state index in [4.69, 9.17) is 11.1 Å². The maximum Gasteiger partial charge on any atom is 0.265 e. The molecule has 31 heavy (non-hydrogen) atoms. The molecule has 0 bridgehead atoms. The summed E-state index contributed by atoms with van der Waals surface area (Å²) in [7, 11) is 0. The lowest BCUT2D eigenvalue weighted by molar-refractivity contribution is 0.0712. The van der Waals surface area contributed by atoms with E-state index in [1.54, 1.807) is 6.07 Å². The predicted octanol–water partition coefficient (Wildman–Crippen LogP) is 3.76. The molecule has 6 heteroatoms. The lowest BCUT2D eigenvalue weighted by Crippen LogP contribution is -2.38. The number of nitriles is 1. The van der Waals surface area contributed by atoms with E-state index in [1.807, 2.05) is 42.2 Å². The van der Waals surface area contributed by atoms with Crippen LogP contribution in [-0.4, -0.2) is 29.8 Å². The van der Waals surface area contributed by atoms with Crippen molar-refractivity contribution in [1.29, 1.82) is 5.26 Å². The number of carbonyl (C=O) groups is 2. The van der Waals surface area contributed by atoms with Gasteiger partial charge in [0.05, 0.1) is 11.6 Å². The highest BCUT2D eigenvalue weighted by Gasteiger charge is 2.29. The highest BCUT2D eigenvalue weighted by Crippen LogP contribution is 2.39. The van der Waals surface area contributed by atoms with Crippen molar-refractivity contribution in [1.82, 2.24) is 10.3 Å². The van der Waals surface area contributed by atoms with Crippen LogP contribution in [0.15, 0.2) is 36.4 Å². The van der Waals surface area contributed by atoms with Gasteiger partial charge in [-0.15, -0.1) is 0 Å². The summed E-state index contributed by atoms with van der Waals surface area (Å²) < 4.78 is 0. The summed E-state index contributed by atoms with van der Waals surface area (Å²) in [5.41, 5.74) is 7.13. The molecule has 0 unspecified atom stereocenters. The second-order valence-electron chi connectivity index (χ2n) is 8.66. The number of nitrogens with zero attached hydrogens (tertiary/aromatic N) is 2. The van der Waals surface area contributed by atoms with Crippen molar-refractivity contribution >= 4 is 11.8 Å². The molecule has 0 atom stereocenters. The van der Waals surface area contributed by atoms with E-state index in [9.17, 15) is 9.59 Å². The molecule has 2 aromatic rings. The van der Waals surface area contributed by atoms with Crippen LogP contribution < -0.4 is 11.3 Å². The molecule has 0 radical (unpaired) electrons. The van der Waals surface area contributed by atoms with Crippen LogP contribution in [0.25, 0.3) is 0 Å². The molecule has 0 aromatic heterocycles. The first-order valence-electron chi connectivity index (χ1n) is 11.0. The van der Waals surface area contributed by atoms with Crippen molar-refractivity contribution in [2.45, 2.75) is 50.9 Å². The Hall–Kier alpha value is -3.17. The number of amides is 2. The number of hydrogen-bond donors (Lipinski definition) is 2. The van der Waals surface area contributed by atoms with Gasteiger partial charge >= 0.3 is 0 Å². The average Bonchev–Trinajstić information content (AvgIpc) is 2.77. The van der Waals surface area contributed by atoms with Crippen molar-refractivity contribution in [3.63, 3.8) is 0 Å². The third kappa shape index (κ3) is 4.19. The second kappa shape index (κ2) is 8.91. The van der Waals surface area contributed by atoms with Gasteiger partial charge in [0, 0.05) is 24.2 Å². The molecule has 1 aliphatic carbocycles. The normalized spacial score (nSPS) is 17.0. The number of carbonyl (C=O) groups excluding carboxylic acids is 2. The molecule has 160 valence electrons. The van der Waals surface area contributed by atoms with Crippen molar-refractivity contribution in [3.8, 4) is 6.07 Å². The van der Waals surface area contributed by atoms with E-state index in [0.717, 1.165) is 36.8 Å². The summed E-state index contributed by atoms with van der Waals surface area (Å²) in [6.07, 6.45) is 5.07. The fourth-order valence-electron chi connectivity index (χ4n) is 4.71. The molecule has 0 spiro atoms. The Balaban J connectivity index is 1.50. The van der Waals surface area contributed by atoms with Gasteiger partial charge in [0.2, 0.25) is 0 Å². The maximum absolute atomic E-state index is 13.3. The lowest BCUT2D eigenvalue weighted by Gasteiger charge is -2.33. The molecule has 1 saturated heterocycles. The number of benzene rings is 2. The van der Waals surface area contributed by atoms with Gasteiger partial charge in [-0.1, -0.05) is 24.6 Å². The number of nitrogens with one attached hydrogen (secondary N) is 1. The van der Waals surface area contributed by atoms with Crippen LogP contribution >= 0.6 is 0 Å². The quantitative estimate of drug-likeness (QED) is 0.450. The highest BCUT2D eigenvalue weighted by atomic mass is 16.2. The first kappa shape index (κ1) is 21.1. The van der Waals surface area contributed by atoms with Crippen LogP contribution in [0.2, 0.25) is 0 Å². The molecule has 3 N–H and O–H groups in total. The van der Waals surface area contributed by atoms with Crippen molar-refractivity contribution in [2.75, 3.05) is 13.1 Å². The van der Waals surface area contributed by atoms with Gasteiger partial charge in [-0.2, -0.15) is 5.26 Å². The molecule has 1 saturated carbocycles. The predicted molar refractivity (Wildman–Crippen MR) is 118 cm³/mol. The van der Waals surface area contributed by atoms with E-state index in [0.29, 0.717) is 41.6 Å². The van der Waals surface area contributed by atoms with Gasteiger partial charge in [0.1, 0.15) is 0 Å². The van der Waals surface area contributed by atoms with Gasteiger partial charge < -0.3 is 4.90 Å². The smallest absolute Gasteiger partial charge is 0.265 e. The molecule has 2 aromatic carbocycles. The van der Waals surface area contributed by atoms with E-state index in [-0.39, 0.29) is 11.8 Å². The molecule has 2 amide bonds. The Morgan fingerprint density at radius 3 is 2.26 bits per heavy atom. The first-order chi connectivity index (χ1) is 15.0. The topological polar surface area (TPSA) is 99.2 Å². The Labute approximate surface area is 183 Å². The zero-order chi connectivity index (χ0) is 22.0. The van der Waals surface area contributed by atoms with Gasteiger partial charge in [0.25, 0.3) is 11.8 Å². The third-order valence-electron chi connectivity index (χ3n) is 6.84. The summed E-state index contributed by atoms with van der Waals surface area (Å²) in [6.45, 7) is 3.29. The zero-order valence-electron chi connectivity index (χ0n) is 17.9. The number of nitrogens with two attached hydrogens (primary N) is 1. The number of hydrazine groups is 1. The van der Waals surface area contributed by atoms with Crippen molar-refractivity contribution in [2.24, 2.45) is 5.84 Å². The minimum atomic E-state index is -0.338. The third-order valence-corrected chi connectivity index (χ3v) is 6.84. The minimum absolute atomic E-state index is 0.0259. The second-order valence-corrected chi connectivity index (χ2v) is 8.66. The fourth-order valence-corrected chi connectivity index (χ4v) is 4.71. The first-order valence-corrected chi connectivity index (χ1v) is 11.0. The van der Waals surface area contributed by atoms with Gasteiger partial charge in [-0.25, -0.2) is 5.84 Å². The number of aryl methyl sites for hydroxylation is 1. The van der Waals surface area contributed by atoms with Crippen molar-refractivity contribution < 1.29 is 9.59 Å². The van der Waals surface area contributed by atoms with Crippen LogP contribution in [-0.2, 0) is 0 Å². The SMILES string of the molecule is Cc1cc(C2CCC2)c(C(=O)NN)cc1C(=O)N1CCC(c2ccc(C#N)cc2)CC1. The monoisotopic (exact) mass is 416 g/mol. The minimum Gasteiger partial charge on any atom is -0.339 e. The lowest BCUT2D eigenvalue weighted by atomic mass is 9.77. The maximum atomic E-state index is 13.3. The highest BCUT2D eigenvalue weighted by molar-refractivity contribution is 6.01. The number of likely N-dealkylation sites (tertiary alicyclic amines) is 1. The average molecular weight is 417 g/mol. The van der Waals surface area contributed by atoms with Crippen LogP contribution in [0, 0.1) is 18.3 Å². The molecule has 2 aliphatic rings. The largest absolute Gasteiger partial charge is 0.339 e. The van der Waals surface area contributed by atoms with E-state index >= 15 is 0 Å². The molecule has 1 heterocycles. The van der Waals surface area contributed by atoms with Crippen LogP contribution in [0.5, 0.6) is 0 Å². The number of nitrogen functional groups attached to an aromatic ring is 1. The zero-order valence-corrected chi connectivity index (χ0v) is 17.9. The van der Waals surface area contributed by atoms with E-state index in [2.05, 4.69) is 11.5 Å². The molecular formula is C25H28N4O2. The summed E-state index contributed by atoms with van der Waals surface area (Å²) in [5.74, 6) is 5.81. The number of hydrogen-bond acceptors (Lipinski definition) is 4. The van der Waals surface area contributed by atoms with Gasteiger partial charge in [-0.3, -0.25) is 15.0 Å². The van der Waals surface area contributed by atoms with Gasteiger partial charge in [-0.05, 0) is 79.3 Å². The molecule has 4 rings (SSSR count). The van der Waals surface area contributed by atoms with E-state index in [1.165, 1.54) is 12.0 Å². The Bertz CT molecular complexity index is 1030. The Kier molecular flexibility index (Phi) is 6.06. The number of piperidine rings is 1. The fraction of sp³-hybridized carbons (Fsp3) is 0.400. The molecular weight excluding hydrogens is 388 g/mol. The van der Waals surface area contributed by atoms with E-state index < -0.39 is 0 Å². The number of rotatable bonds is 4. The summed E-state index contributed by atoms with van der Waals surface area (Å²) in [4.78, 5) is 27.6. The van der Waals surface area contributed by atoms with Crippen LogP contribution in [0.4, 0.5) is 0 Å². The molecule has 6 nitrogen and oxygen atoms in total. The van der Waals surface area contributed by atoms with Gasteiger partial charge in [0.15, 0.2) is 0 Å². The van der Waals surface area contributed by atoms with Crippen molar-refractivity contribution in [3.05, 3.63) is 69.8 Å². The Morgan fingerprint density at radius 1 is 1.03 bits per heavy atom. The summed E-state index contributed by atoms with van der Waals surface area (Å²) >= 11 is 0. The summed E-state index contributed by atoms with van der Waals surface area (Å²) in [6, 6.07) is 13.6. The summed E-state index contributed by atoms with van der Waals surface area (Å²) in [5, 5.41) is 8.97. The Morgan fingerprint density at radius 2 is 1.71 bits per heavy atom. The van der Waals surface area contributed by atoms with Crippen LogP contribution in [0.3, 0.4) is 0 Å². The molecule has 2 fully saturated rings. The standard InChI is InChI=1S/C25H28N4O2/c1-16-13-22(20-3-2-4-20)23(24(30)28-27)14-21(16)25(31)29-11-9-19(10-12-29)18-7-5-17(15-26)6-8-18/h5-8,13-14,19-20H,2-4,9-12,27H2,1H3,(H,28,30).